The molecule has 0 radical (unpaired) electrons. The minimum atomic E-state index is -0.0316. The van der Waals surface area contributed by atoms with Crippen LogP contribution >= 0.6 is 0 Å². The first-order valence-electron chi connectivity index (χ1n) is 7.28. The first-order chi connectivity index (χ1) is 10.2. The highest BCUT2D eigenvalue weighted by Crippen LogP contribution is 2.25. The van der Waals surface area contributed by atoms with Crippen molar-refractivity contribution in [1.82, 2.24) is 0 Å². The van der Waals surface area contributed by atoms with Crippen molar-refractivity contribution in [3.8, 4) is 5.75 Å². The molecule has 2 aromatic rings. The molecular weight excluding hydrogens is 262 g/mol. The normalized spacial score (nSPS) is 10.2. The fraction of sp³-hybridized carbons (Fsp3) is 0.278. The van der Waals surface area contributed by atoms with Gasteiger partial charge in [-0.3, -0.25) is 4.79 Å². The minimum absolute atomic E-state index is 0.0316. The Balaban J connectivity index is 2.40. The van der Waals surface area contributed by atoms with Crippen LogP contribution in [0.3, 0.4) is 0 Å². The Morgan fingerprint density at radius 2 is 1.71 bits per heavy atom. The van der Waals surface area contributed by atoms with Gasteiger partial charge in [0.25, 0.3) is 5.91 Å². The van der Waals surface area contributed by atoms with Gasteiger partial charge in [-0.2, -0.15) is 0 Å². The van der Waals surface area contributed by atoms with Crippen LogP contribution in [-0.4, -0.2) is 19.1 Å². The molecule has 0 spiro atoms. The Bertz CT molecular complexity index is 622. The second-order valence-electron chi connectivity index (χ2n) is 4.77. The standard InChI is InChI=1S/C18H21NO2/c1-4-19(16-12-8-6-10-14(16)3)18(20)15-11-7-9-13-17(15)21-5-2/h6-13H,4-5H2,1-3H3. The maximum Gasteiger partial charge on any atom is 0.262 e. The Hall–Kier alpha value is -2.29. The quantitative estimate of drug-likeness (QED) is 0.828. The SMILES string of the molecule is CCOc1ccccc1C(=O)N(CC)c1ccccc1C. The number of anilines is 1. The van der Waals surface area contributed by atoms with Gasteiger partial charge in [-0.05, 0) is 44.5 Å². The fourth-order valence-corrected chi connectivity index (χ4v) is 2.36. The minimum Gasteiger partial charge on any atom is -0.493 e. The van der Waals surface area contributed by atoms with Crippen molar-refractivity contribution >= 4 is 11.6 Å². The number of benzene rings is 2. The molecule has 0 saturated heterocycles. The maximum atomic E-state index is 12.9. The number of hydrogen-bond acceptors (Lipinski definition) is 2. The van der Waals surface area contributed by atoms with Gasteiger partial charge in [-0.1, -0.05) is 30.3 Å². The molecule has 110 valence electrons. The molecule has 0 aliphatic heterocycles. The van der Waals surface area contributed by atoms with Crippen LogP contribution in [0.2, 0.25) is 0 Å². The lowest BCUT2D eigenvalue weighted by atomic mass is 10.1. The molecule has 21 heavy (non-hydrogen) atoms. The van der Waals surface area contributed by atoms with Gasteiger partial charge in [0, 0.05) is 12.2 Å². The molecule has 0 heterocycles. The summed E-state index contributed by atoms with van der Waals surface area (Å²) in [7, 11) is 0. The number of nitrogens with zero attached hydrogens (tertiary/aromatic N) is 1. The molecule has 0 N–H and O–H groups in total. The van der Waals surface area contributed by atoms with E-state index in [9.17, 15) is 4.79 Å². The van der Waals surface area contributed by atoms with Crippen molar-refractivity contribution in [2.45, 2.75) is 20.8 Å². The molecule has 2 rings (SSSR count). The summed E-state index contributed by atoms with van der Waals surface area (Å²) in [6.07, 6.45) is 0. The van der Waals surface area contributed by atoms with E-state index in [-0.39, 0.29) is 5.91 Å². The predicted octanol–water partition coefficient (Wildman–Crippen LogP) is 4.06. The molecule has 0 atom stereocenters. The van der Waals surface area contributed by atoms with Crippen molar-refractivity contribution in [2.75, 3.05) is 18.1 Å². The van der Waals surface area contributed by atoms with E-state index >= 15 is 0 Å². The zero-order chi connectivity index (χ0) is 15.2. The van der Waals surface area contributed by atoms with Gasteiger partial charge in [0.1, 0.15) is 5.75 Å². The van der Waals surface area contributed by atoms with Crippen LogP contribution in [0, 0.1) is 6.92 Å². The summed E-state index contributed by atoms with van der Waals surface area (Å²) >= 11 is 0. The molecule has 2 aromatic carbocycles. The molecular formula is C18H21NO2. The molecule has 3 heteroatoms. The summed E-state index contributed by atoms with van der Waals surface area (Å²) < 4.78 is 5.57. The van der Waals surface area contributed by atoms with Crippen LogP contribution in [0.5, 0.6) is 5.75 Å². The Kier molecular flexibility index (Phi) is 4.99. The van der Waals surface area contributed by atoms with Crippen molar-refractivity contribution in [3.63, 3.8) is 0 Å². The Morgan fingerprint density at radius 1 is 1.05 bits per heavy atom. The van der Waals surface area contributed by atoms with Crippen LogP contribution in [0.15, 0.2) is 48.5 Å². The Morgan fingerprint density at radius 3 is 2.38 bits per heavy atom. The predicted molar refractivity (Wildman–Crippen MR) is 86.1 cm³/mol. The van der Waals surface area contributed by atoms with Crippen molar-refractivity contribution in [2.24, 2.45) is 0 Å². The third kappa shape index (κ3) is 3.24. The smallest absolute Gasteiger partial charge is 0.262 e. The first-order valence-corrected chi connectivity index (χ1v) is 7.28. The number of carbonyl (C=O) groups is 1. The van der Waals surface area contributed by atoms with E-state index in [1.54, 1.807) is 4.90 Å². The number of hydrogen-bond donors (Lipinski definition) is 0. The second-order valence-corrected chi connectivity index (χ2v) is 4.77. The first kappa shape index (κ1) is 15.1. The molecule has 0 aliphatic rings. The van der Waals surface area contributed by atoms with Gasteiger partial charge in [-0.15, -0.1) is 0 Å². The molecule has 0 aromatic heterocycles. The largest absolute Gasteiger partial charge is 0.493 e. The molecule has 0 unspecified atom stereocenters. The van der Waals surface area contributed by atoms with E-state index in [1.165, 1.54) is 0 Å². The van der Waals surface area contributed by atoms with E-state index in [1.807, 2.05) is 69.3 Å². The Labute approximate surface area is 126 Å². The molecule has 0 fully saturated rings. The van der Waals surface area contributed by atoms with Gasteiger partial charge in [0.2, 0.25) is 0 Å². The van der Waals surface area contributed by atoms with Gasteiger partial charge < -0.3 is 9.64 Å². The third-order valence-electron chi connectivity index (χ3n) is 3.38. The summed E-state index contributed by atoms with van der Waals surface area (Å²) in [6.45, 7) is 7.07. The molecule has 0 bridgehead atoms. The molecule has 0 aliphatic carbocycles. The number of carbonyl (C=O) groups excluding carboxylic acids is 1. The topological polar surface area (TPSA) is 29.5 Å². The summed E-state index contributed by atoms with van der Waals surface area (Å²) in [4.78, 5) is 14.7. The number of para-hydroxylation sites is 2. The number of ether oxygens (including phenoxy) is 1. The van der Waals surface area contributed by atoms with Gasteiger partial charge >= 0.3 is 0 Å². The van der Waals surface area contributed by atoms with Crippen LogP contribution in [0.4, 0.5) is 5.69 Å². The van der Waals surface area contributed by atoms with E-state index in [0.717, 1.165) is 11.3 Å². The third-order valence-corrected chi connectivity index (χ3v) is 3.38. The fourth-order valence-electron chi connectivity index (χ4n) is 2.36. The monoisotopic (exact) mass is 283 g/mol. The van der Waals surface area contributed by atoms with Crippen molar-refractivity contribution in [1.29, 1.82) is 0 Å². The van der Waals surface area contributed by atoms with E-state index < -0.39 is 0 Å². The van der Waals surface area contributed by atoms with Crippen LogP contribution in [0.1, 0.15) is 29.8 Å². The highest BCUT2D eigenvalue weighted by atomic mass is 16.5. The number of amides is 1. The van der Waals surface area contributed by atoms with E-state index in [2.05, 4.69) is 0 Å². The van der Waals surface area contributed by atoms with Gasteiger partial charge in [0.15, 0.2) is 0 Å². The lowest BCUT2D eigenvalue weighted by molar-refractivity contribution is 0.0984. The van der Waals surface area contributed by atoms with Crippen molar-refractivity contribution < 1.29 is 9.53 Å². The van der Waals surface area contributed by atoms with Crippen LogP contribution < -0.4 is 9.64 Å². The lowest BCUT2D eigenvalue weighted by Crippen LogP contribution is -2.31. The van der Waals surface area contributed by atoms with E-state index in [4.69, 9.17) is 4.74 Å². The van der Waals surface area contributed by atoms with E-state index in [0.29, 0.717) is 24.5 Å². The second kappa shape index (κ2) is 6.93. The zero-order valence-electron chi connectivity index (χ0n) is 12.8. The molecule has 3 nitrogen and oxygen atoms in total. The van der Waals surface area contributed by atoms with Crippen LogP contribution in [-0.2, 0) is 0 Å². The summed E-state index contributed by atoms with van der Waals surface area (Å²) in [5.74, 6) is 0.605. The summed E-state index contributed by atoms with van der Waals surface area (Å²) in [5.41, 5.74) is 2.63. The highest BCUT2D eigenvalue weighted by Gasteiger charge is 2.20. The molecule has 0 saturated carbocycles. The average molecular weight is 283 g/mol. The highest BCUT2D eigenvalue weighted by molar-refractivity contribution is 6.08. The summed E-state index contributed by atoms with van der Waals surface area (Å²) in [5, 5.41) is 0. The lowest BCUT2D eigenvalue weighted by Gasteiger charge is -2.24. The van der Waals surface area contributed by atoms with Gasteiger partial charge in [0.05, 0.1) is 12.2 Å². The zero-order valence-corrected chi connectivity index (χ0v) is 12.8. The summed E-state index contributed by atoms with van der Waals surface area (Å²) in [6, 6.07) is 15.3. The van der Waals surface area contributed by atoms with Crippen molar-refractivity contribution in [3.05, 3.63) is 59.7 Å². The maximum absolute atomic E-state index is 12.9. The average Bonchev–Trinajstić information content (AvgIpc) is 2.50. The molecule has 1 amide bonds. The number of aryl methyl sites for hydroxylation is 1. The van der Waals surface area contributed by atoms with Gasteiger partial charge in [-0.25, -0.2) is 0 Å². The number of rotatable bonds is 5. The van der Waals surface area contributed by atoms with Crippen LogP contribution in [0.25, 0.3) is 0 Å².